The van der Waals surface area contributed by atoms with E-state index < -0.39 is 12.2 Å². The maximum absolute atomic E-state index is 9.19. The highest BCUT2D eigenvalue weighted by Gasteiger charge is 2.09. The van der Waals surface area contributed by atoms with E-state index in [-0.39, 0.29) is 0 Å². The number of hydrogen-bond donors (Lipinski definition) is 2. The van der Waals surface area contributed by atoms with Crippen LogP contribution < -0.4 is 0 Å². The van der Waals surface area contributed by atoms with Crippen molar-refractivity contribution in [2.45, 2.75) is 38.9 Å². The Balaban J connectivity index is 3.34. The Labute approximate surface area is 62.9 Å². The Morgan fingerprint density at radius 2 is 1.70 bits per heavy atom. The van der Waals surface area contributed by atoms with E-state index in [2.05, 4.69) is 6.92 Å². The molecule has 0 rings (SSSR count). The second kappa shape index (κ2) is 4.69. The van der Waals surface area contributed by atoms with E-state index in [0.717, 1.165) is 6.42 Å². The van der Waals surface area contributed by atoms with Gasteiger partial charge in [-0.05, 0) is 25.7 Å². The molecule has 10 heavy (non-hydrogen) atoms. The quantitative estimate of drug-likeness (QED) is 0.619. The van der Waals surface area contributed by atoms with Crippen LogP contribution in [0.3, 0.4) is 0 Å². The summed E-state index contributed by atoms with van der Waals surface area (Å²) in [6.45, 7) is 7.46. The molecule has 61 valence electrons. The minimum Gasteiger partial charge on any atom is -0.393 e. The molecule has 2 N–H and O–H groups in total. The molecule has 0 aliphatic heterocycles. The lowest BCUT2D eigenvalue weighted by Crippen LogP contribution is -2.16. The zero-order valence-corrected chi connectivity index (χ0v) is 6.75. The normalized spacial score (nSPS) is 17.4. The van der Waals surface area contributed by atoms with Gasteiger partial charge >= 0.3 is 0 Å². The molecule has 0 fully saturated rings. The third-order valence-corrected chi connectivity index (χ3v) is 1.29. The molecular weight excluding hydrogens is 128 g/mol. The largest absolute Gasteiger partial charge is 0.393 e. The number of rotatable bonds is 4. The molecule has 1 radical (unpaired) electrons. The van der Waals surface area contributed by atoms with Gasteiger partial charge in [0, 0.05) is 0 Å². The summed E-state index contributed by atoms with van der Waals surface area (Å²) in [6, 6.07) is 0. The van der Waals surface area contributed by atoms with Gasteiger partial charge in [0.2, 0.25) is 0 Å². The van der Waals surface area contributed by atoms with Crippen LogP contribution in [0.1, 0.15) is 26.7 Å². The Morgan fingerprint density at radius 1 is 1.20 bits per heavy atom. The van der Waals surface area contributed by atoms with E-state index in [9.17, 15) is 5.11 Å². The minimum atomic E-state index is -0.631. The number of aliphatic hydroxyl groups excluding tert-OH is 2. The van der Waals surface area contributed by atoms with E-state index >= 15 is 0 Å². The zero-order chi connectivity index (χ0) is 8.15. The van der Waals surface area contributed by atoms with Crippen molar-refractivity contribution in [3.63, 3.8) is 0 Å². The first-order chi connectivity index (χ1) is 4.52. The predicted octanol–water partition coefficient (Wildman–Crippen LogP) is 0.978. The first-order valence-corrected chi connectivity index (χ1v) is 3.71. The Hall–Kier alpha value is -0.0800. The molecule has 0 aliphatic rings. The third-order valence-electron chi connectivity index (χ3n) is 1.29. The Bertz CT molecular complexity index is 69.3. The second-order valence-corrected chi connectivity index (χ2v) is 3.17. The van der Waals surface area contributed by atoms with E-state index in [1.165, 1.54) is 0 Å². The van der Waals surface area contributed by atoms with Gasteiger partial charge in [-0.2, -0.15) is 0 Å². The lowest BCUT2D eigenvalue weighted by molar-refractivity contribution is 0.0876. The van der Waals surface area contributed by atoms with Gasteiger partial charge < -0.3 is 10.2 Å². The van der Waals surface area contributed by atoms with Crippen molar-refractivity contribution >= 4 is 0 Å². The summed E-state index contributed by atoms with van der Waals surface area (Å²) in [5.74, 6) is 0.480. The highest BCUT2D eigenvalue weighted by Crippen LogP contribution is 2.08. The average molecular weight is 145 g/mol. The number of hydrogen-bond acceptors (Lipinski definition) is 2. The molecule has 0 aromatic carbocycles. The van der Waals surface area contributed by atoms with Crippen molar-refractivity contribution in [1.29, 1.82) is 0 Å². The van der Waals surface area contributed by atoms with Gasteiger partial charge in [-0.1, -0.05) is 13.8 Å². The summed E-state index contributed by atoms with van der Waals surface area (Å²) in [6.07, 6.45) is 0.103. The van der Waals surface area contributed by atoms with Crippen molar-refractivity contribution in [2.75, 3.05) is 0 Å². The van der Waals surface area contributed by atoms with Gasteiger partial charge in [0.15, 0.2) is 0 Å². The first kappa shape index (κ1) is 9.92. The van der Waals surface area contributed by atoms with Gasteiger partial charge in [-0.3, -0.25) is 0 Å². The zero-order valence-electron chi connectivity index (χ0n) is 6.75. The van der Waals surface area contributed by atoms with Gasteiger partial charge in [-0.25, -0.2) is 0 Å². The fourth-order valence-corrected chi connectivity index (χ4v) is 0.954. The fourth-order valence-electron chi connectivity index (χ4n) is 0.954. The summed E-state index contributed by atoms with van der Waals surface area (Å²) >= 11 is 0. The topological polar surface area (TPSA) is 40.5 Å². The van der Waals surface area contributed by atoms with Gasteiger partial charge in [0.1, 0.15) is 0 Å². The van der Waals surface area contributed by atoms with Crippen LogP contribution in [0.5, 0.6) is 0 Å². The molecule has 0 amide bonds. The summed E-state index contributed by atoms with van der Waals surface area (Å²) < 4.78 is 0. The summed E-state index contributed by atoms with van der Waals surface area (Å²) in [4.78, 5) is 0. The Morgan fingerprint density at radius 3 is 2.00 bits per heavy atom. The Kier molecular flexibility index (Phi) is 4.65. The standard InChI is InChI=1S/C8H17O2/c1-6(2)4-8(10)5-7(3)9/h6-10H,3-5H2,1-2H3. The van der Waals surface area contributed by atoms with Crippen LogP contribution in [-0.4, -0.2) is 22.4 Å². The van der Waals surface area contributed by atoms with Crippen molar-refractivity contribution in [2.24, 2.45) is 5.92 Å². The molecule has 0 saturated carbocycles. The average Bonchev–Trinajstić information content (AvgIpc) is 1.58. The van der Waals surface area contributed by atoms with Crippen molar-refractivity contribution in [3.05, 3.63) is 6.92 Å². The predicted molar refractivity (Wildman–Crippen MR) is 41.4 cm³/mol. The molecule has 2 unspecified atom stereocenters. The van der Waals surface area contributed by atoms with Gasteiger partial charge in [-0.15, -0.1) is 0 Å². The van der Waals surface area contributed by atoms with Crippen molar-refractivity contribution in [1.82, 2.24) is 0 Å². The molecule has 0 spiro atoms. The van der Waals surface area contributed by atoms with E-state index in [0.29, 0.717) is 12.3 Å². The van der Waals surface area contributed by atoms with Gasteiger partial charge in [0.05, 0.1) is 12.2 Å². The molecule has 0 aromatic heterocycles. The van der Waals surface area contributed by atoms with Crippen molar-refractivity contribution < 1.29 is 10.2 Å². The minimum absolute atomic E-state index is 0.387. The molecule has 0 bridgehead atoms. The summed E-state index contributed by atoms with van der Waals surface area (Å²) in [7, 11) is 0. The van der Waals surface area contributed by atoms with E-state index in [1.807, 2.05) is 13.8 Å². The molecule has 0 aromatic rings. The van der Waals surface area contributed by atoms with Crippen LogP contribution in [0.25, 0.3) is 0 Å². The van der Waals surface area contributed by atoms with Gasteiger partial charge in [0.25, 0.3) is 0 Å². The lowest BCUT2D eigenvalue weighted by Gasteiger charge is -2.13. The summed E-state index contributed by atoms with van der Waals surface area (Å²) in [5.41, 5.74) is 0. The van der Waals surface area contributed by atoms with Crippen LogP contribution in [0.15, 0.2) is 0 Å². The SMILES string of the molecule is [CH2]C(O)CC(O)CC(C)C. The maximum atomic E-state index is 9.19. The third kappa shape index (κ3) is 6.05. The van der Waals surface area contributed by atoms with Crippen LogP contribution >= 0.6 is 0 Å². The first-order valence-electron chi connectivity index (χ1n) is 3.71. The maximum Gasteiger partial charge on any atom is 0.0567 e. The highest BCUT2D eigenvalue weighted by atomic mass is 16.3. The van der Waals surface area contributed by atoms with Crippen LogP contribution in [0, 0.1) is 12.8 Å². The lowest BCUT2D eigenvalue weighted by atomic mass is 10.0. The number of aliphatic hydroxyl groups is 2. The van der Waals surface area contributed by atoms with Crippen LogP contribution in [0.4, 0.5) is 0 Å². The molecular formula is C8H17O2. The van der Waals surface area contributed by atoms with Crippen molar-refractivity contribution in [3.8, 4) is 0 Å². The van der Waals surface area contributed by atoms with E-state index in [4.69, 9.17) is 5.11 Å². The molecule has 2 nitrogen and oxygen atoms in total. The molecule has 0 heterocycles. The molecule has 0 aliphatic carbocycles. The smallest absolute Gasteiger partial charge is 0.0567 e. The second-order valence-electron chi connectivity index (χ2n) is 3.17. The molecule has 2 heteroatoms. The molecule has 0 saturated heterocycles. The summed E-state index contributed by atoms with van der Waals surface area (Å²) in [5, 5.41) is 18.0. The fraction of sp³-hybridized carbons (Fsp3) is 0.875. The molecule has 2 atom stereocenters. The van der Waals surface area contributed by atoms with Crippen LogP contribution in [-0.2, 0) is 0 Å². The monoisotopic (exact) mass is 145 g/mol. The van der Waals surface area contributed by atoms with E-state index in [1.54, 1.807) is 0 Å². The highest BCUT2D eigenvalue weighted by molar-refractivity contribution is 4.65. The van der Waals surface area contributed by atoms with Crippen LogP contribution in [0.2, 0.25) is 0 Å².